The topological polar surface area (TPSA) is 153 Å². The van der Waals surface area contributed by atoms with E-state index >= 15 is 0 Å². The quantitative estimate of drug-likeness (QED) is 0.478. The Morgan fingerprint density at radius 3 is 2.17 bits per heavy atom. The highest BCUT2D eigenvalue weighted by Crippen LogP contribution is 2.32. The van der Waals surface area contributed by atoms with Crippen LogP contribution in [0.25, 0.3) is 0 Å². The molecule has 1 aromatic carbocycles. The van der Waals surface area contributed by atoms with Crippen LogP contribution in [0.5, 0.6) is 5.75 Å². The van der Waals surface area contributed by atoms with E-state index in [-0.39, 0.29) is 18.5 Å². The van der Waals surface area contributed by atoms with Crippen LogP contribution in [0, 0.1) is 0 Å². The number of amides is 1. The van der Waals surface area contributed by atoms with Gasteiger partial charge in [-0.15, -0.1) is 4.13 Å². The first-order valence-corrected chi connectivity index (χ1v) is 13.4. The summed E-state index contributed by atoms with van der Waals surface area (Å²) in [4.78, 5) is 13.9. The van der Waals surface area contributed by atoms with Gasteiger partial charge in [0.1, 0.15) is 10.5 Å². The summed E-state index contributed by atoms with van der Waals surface area (Å²) in [6.07, 6.45) is 1.19. The van der Waals surface area contributed by atoms with E-state index in [4.69, 9.17) is 4.74 Å². The zero-order valence-corrected chi connectivity index (χ0v) is 18.4. The summed E-state index contributed by atoms with van der Waals surface area (Å²) in [5.74, 6) is 0.0299. The number of rotatable bonds is 8. The fraction of sp³-hybridized carbons (Fsp3) is 0.533. The van der Waals surface area contributed by atoms with E-state index in [1.165, 1.54) is 24.1 Å². The molecular formula is C15H22N2O9S3. The number of hydrogen-bond donors (Lipinski definition) is 1. The smallest absolute Gasteiger partial charge is 0.264 e. The van der Waals surface area contributed by atoms with Gasteiger partial charge in [0, 0.05) is 18.7 Å². The van der Waals surface area contributed by atoms with Gasteiger partial charge in [0.25, 0.3) is 16.0 Å². The van der Waals surface area contributed by atoms with Crippen LogP contribution >= 0.6 is 0 Å². The molecule has 1 aromatic rings. The minimum absolute atomic E-state index is 0.0390. The lowest BCUT2D eigenvalue weighted by molar-refractivity contribution is 0.0786. The van der Waals surface area contributed by atoms with E-state index < -0.39 is 54.0 Å². The number of sulfonamides is 2. The van der Waals surface area contributed by atoms with E-state index in [0.717, 1.165) is 6.26 Å². The second kappa shape index (κ2) is 8.18. The average molecular weight is 471 g/mol. The summed E-state index contributed by atoms with van der Waals surface area (Å²) in [6, 6.07) is 6.12. The molecule has 2 rings (SSSR count). The van der Waals surface area contributed by atoms with Crippen molar-refractivity contribution in [1.29, 1.82) is 0 Å². The van der Waals surface area contributed by atoms with Crippen molar-refractivity contribution >= 4 is 36.1 Å². The number of nitrogens with zero attached hydrogens (tertiary/aromatic N) is 1. The summed E-state index contributed by atoms with van der Waals surface area (Å²) in [7, 11) is -11.3. The lowest BCUT2D eigenvalue weighted by Gasteiger charge is -2.28. The van der Waals surface area contributed by atoms with E-state index in [1.807, 2.05) is 0 Å². The summed E-state index contributed by atoms with van der Waals surface area (Å²) >= 11 is 0. The van der Waals surface area contributed by atoms with Crippen LogP contribution in [0.2, 0.25) is 0 Å². The third-order valence-electron chi connectivity index (χ3n) is 4.31. The highest BCUT2D eigenvalue weighted by Gasteiger charge is 2.52. The Balaban J connectivity index is 2.34. The minimum atomic E-state index is -4.60. The Hall–Kier alpha value is -1.74. The molecule has 0 radical (unpaired) electrons. The molecule has 164 valence electrons. The first kappa shape index (κ1) is 23.5. The molecule has 1 amide bonds. The molecule has 0 saturated carbocycles. The molecule has 1 fully saturated rings. The van der Waals surface area contributed by atoms with Gasteiger partial charge in [0.2, 0.25) is 20.0 Å². The van der Waals surface area contributed by atoms with E-state index in [2.05, 4.69) is 4.18 Å². The normalized spacial score (nSPS) is 20.6. The maximum Gasteiger partial charge on any atom is 0.264 e. The number of carbonyl (C=O) groups is 1. The van der Waals surface area contributed by atoms with Gasteiger partial charge in [0.15, 0.2) is 0 Å². The van der Waals surface area contributed by atoms with Crippen molar-refractivity contribution in [2.75, 3.05) is 39.3 Å². The standard InChI is InChI=1S/C15H22N2O9S3/c1-25-13-6-4-12(5-7-13)14(18)17-9-8-15(10-17,11-26-28(3,21)22)29(23,24)16-27(2,19)20/h4-7,16H,8-11H2,1-3H3. The second-order valence-corrected chi connectivity index (χ2v) is 12.4. The molecule has 1 saturated heterocycles. The Morgan fingerprint density at radius 1 is 1.10 bits per heavy atom. The zero-order chi connectivity index (χ0) is 22.1. The predicted octanol–water partition coefficient (Wildman–Crippen LogP) is -0.865. The molecule has 29 heavy (non-hydrogen) atoms. The molecule has 1 N–H and O–H groups in total. The maximum absolute atomic E-state index is 12.8. The molecular weight excluding hydrogens is 448 g/mol. The number of benzene rings is 1. The fourth-order valence-corrected chi connectivity index (χ4v) is 6.57. The molecule has 1 aliphatic rings. The van der Waals surface area contributed by atoms with E-state index in [0.29, 0.717) is 12.0 Å². The monoisotopic (exact) mass is 470 g/mol. The van der Waals surface area contributed by atoms with Crippen molar-refractivity contribution in [3.05, 3.63) is 29.8 Å². The number of likely N-dealkylation sites (tertiary alicyclic amines) is 1. The summed E-state index contributed by atoms with van der Waals surface area (Å²) in [5.41, 5.74) is 0.263. The number of methoxy groups -OCH3 is 1. The zero-order valence-electron chi connectivity index (χ0n) is 16.0. The second-order valence-electron chi connectivity index (χ2n) is 6.71. The van der Waals surface area contributed by atoms with Gasteiger partial charge in [-0.1, -0.05) is 0 Å². The SMILES string of the molecule is COc1ccc(C(=O)N2CCC(COS(C)(=O)=O)(S(=O)(=O)NS(C)(=O)=O)C2)cc1. The first-order chi connectivity index (χ1) is 13.2. The predicted molar refractivity (Wildman–Crippen MR) is 104 cm³/mol. The third kappa shape index (κ3) is 5.88. The van der Waals surface area contributed by atoms with Crippen LogP contribution in [0.3, 0.4) is 0 Å². The van der Waals surface area contributed by atoms with Crippen LogP contribution in [-0.2, 0) is 34.3 Å². The van der Waals surface area contributed by atoms with Crippen LogP contribution in [0.15, 0.2) is 24.3 Å². The Bertz CT molecular complexity index is 1080. The van der Waals surface area contributed by atoms with Crippen molar-refractivity contribution in [2.45, 2.75) is 11.2 Å². The highest BCUT2D eigenvalue weighted by atomic mass is 32.3. The molecule has 11 nitrogen and oxygen atoms in total. The molecule has 0 bridgehead atoms. The average Bonchev–Trinajstić information content (AvgIpc) is 3.03. The van der Waals surface area contributed by atoms with Crippen molar-refractivity contribution in [2.24, 2.45) is 0 Å². The lowest BCUT2D eigenvalue weighted by Crippen LogP contribution is -2.53. The molecule has 14 heteroatoms. The van der Waals surface area contributed by atoms with Crippen LogP contribution < -0.4 is 8.86 Å². The fourth-order valence-electron chi connectivity index (χ4n) is 2.85. The lowest BCUT2D eigenvalue weighted by atomic mass is 10.1. The van der Waals surface area contributed by atoms with Crippen molar-refractivity contribution in [1.82, 2.24) is 9.03 Å². The number of carbonyl (C=O) groups excluding carboxylic acids is 1. The Morgan fingerprint density at radius 2 is 1.69 bits per heavy atom. The molecule has 0 aliphatic carbocycles. The summed E-state index contributed by atoms with van der Waals surface area (Å²) < 4.78 is 80.6. The third-order valence-corrected chi connectivity index (χ3v) is 8.53. The maximum atomic E-state index is 12.8. The van der Waals surface area contributed by atoms with Crippen molar-refractivity contribution in [3.8, 4) is 5.75 Å². The highest BCUT2D eigenvalue weighted by molar-refractivity contribution is 8.05. The molecule has 1 atom stereocenters. The summed E-state index contributed by atoms with van der Waals surface area (Å²) in [5, 5.41) is 0. The van der Waals surface area contributed by atoms with Gasteiger partial charge in [0.05, 0.1) is 26.2 Å². The van der Waals surface area contributed by atoms with Crippen LogP contribution in [-0.4, -0.2) is 80.1 Å². The van der Waals surface area contributed by atoms with Gasteiger partial charge in [-0.2, -0.15) is 8.42 Å². The Kier molecular flexibility index (Phi) is 6.64. The molecule has 1 unspecified atom stereocenters. The van der Waals surface area contributed by atoms with Gasteiger partial charge in [-0.25, -0.2) is 16.8 Å². The number of ether oxygens (including phenoxy) is 1. The number of nitrogens with one attached hydrogen (secondary N) is 1. The molecule has 1 aliphatic heterocycles. The van der Waals surface area contributed by atoms with Gasteiger partial charge < -0.3 is 9.64 Å². The van der Waals surface area contributed by atoms with Crippen molar-refractivity contribution < 1.29 is 39.0 Å². The minimum Gasteiger partial charge on any atom is -0.497 e. The van der Waals surface area contributed by atoms with E-state index in [1.54, 1.807) is 16.3 Å². The Labute approximate surface area is 170 Å². The first-order valence-electron chi connectivity index (χ1n) is 8.19. The summed E-state index contributed by atoms with van der Waals surface area (Å²) in [6.45, 7) is -1.32. The molecule has 0 spiro atoms. The molecule has 1 heterocycles. The van der Waals surface area contributed by atoms with Crippen LogP contribution in [0.1, 0.15) is 16.8 Å². The van der Waals surface area contributed by atoms with Crippen molar-refractivity contribution in [3.63, 3.8) is 0 Å². The van der Waals surface area contributed by atoms with Gasteiger partial charge in [-0.3, -0.25) is 8.98 Å². The largest absolute Gasteiger partial charge is 0.497 e. The van der Waals surface area contributed by atoms with E-state index in [9.17, 15) is 30.0 Å². The van der Waals surface area contributed by atoms with Gasteiger partial charge in [-0.05, 0) is 30.7 Å². The molecule has 0 aromatic heterocycles. The number of hydrogen-bond acceptors (Lipinski definition) is 9. The van der Waals surface area contributed by atoms with Crippen LogP contribution in [0.4, 0.5) is 0 Å². The van der Waals surface area contributed by atoms with Gasteiger partial charge >= 0.3 is 0 Å².